The third-order valence-corrected chi connectivity index (χ3v) is 5.07. The Bertz CT molecular complexity index is 589. The van der Waals surface area contributed by atoms with Crippen molar-refractivity contribution in [3.05, 3.63) is 21.1 Å². The maximum Gasteiger partial charge on any atom is 1.00 e. The zero-order valence-electron chi connectivity index (χ0n) is 9.18. The molecule has 0 N–H and O–H groups in total. The van der Waals surface area contributed by atoms with Crippen LogP contribution in [0.1, 0.15) is 0 Å². The Morgan fingerprint density at radius 2 is 1.11 bits per heavy atom. The summed E-state index contributed by atoms with van der Waals surface area (Å²) < 4.78 is 64.1. The first-order chi connectivity index (χ1) is 7.03. The van der Waals surface area contributed by atoms with Gasteiger partial charge in [0.2, 0.25) is 0 Å². The molecule has 0 atom stereocenters. The van der Waals surface area contributed by atoms with Gasteiger partial charge in [0, 0.05) is 4.47 Å². The van der Waals surface area contributed by atoms with E-state index in [1.807, 2.05) is 0 Å². The number of benzene rings is 1. The van der Waals surface area contributed by atoms with Gasteiger partial charge in [-0.1, -0.05) is 15.9 Å². The predicted molar refractivity (Wildman–Crippen MR) is 57.8 cm³/mol. The van der Waals surface area contributed by atoms with Gasteiger partial charge >= 0.3 is 103 Å². The van der Waals surface area contributed by atoms with Crippen molar-refractivity contribution in [3.63, 3.8) is 0 Å². The third-order valence-electron chi connectivity index (χ3n) is 1.51. The zero-order valence-corrected chi connectivity index (χ0v) is 20.2. The van der Waals surface area contributed by atoms with E-state index in [-0.39, 0.29) is 107 Å². The average Bonchev–Trinajstić information content (AvgIpc) is 2.04. The normalized spacial score (nSPS) is 11.3. The fourth-order valence-electron chi connectivity index (χ4n) is 0.904. The van der Waals surface area contributed by atoms with Crippen LogP contribution in [0.5, 0.6) is 0 Å². The van der Waals surface area contributed by atoms with Crippen LogP contribution in [-0.2, 0) is 20.2 Å². The first-order valence-corrected chi connectivity index (χ1v) is 7.84. The maximum absolute atomic E-state index is 10.8. The summed E-state index contributed by atoms with van der Waals surface area (Å²) in [6.07, 6.45) is 0. The second-order valence-electron chi connectivity index (χ2n) is 2.62. The Kier molecular flexibility index (Phi) is 11.5. The number of hydrogen-bond donors (Lipinski definition) is 0. The van der Waals surface area contributed by atoms with E-state index in [1.54, 1.807) is 0 Å². The molecule has 1 rings (SSSR count). The standard InChI is InChI=1S/C6H4Br2O6S2.2K/c7-3-1-4(15(9,10)11)6(8)5(2-3)16(12,13)14;;/h1-2H,(H,9,10,11)(H,12,13,14);;/q;2*+1/p-2. The summed E-state index contributed by atoms with van der Waals surface area (Å²) >= 11 is 5.41. The minimum atomic E-state index is -4.87. The molecule has 6 nitrogen and oxygen atoms in total. The summed E-state index contributed by atoms with van der Waals surface area (Å²) in [5.41, 5.74) is 0. The second-order valence-corrected chi connectivity index (χ2v) is 7.03. The van der Waals surface area contributed by atoms with Crippen molar-refractivity contribution in [2.24, 2.45) is 0 Å². The van der Waals surface area contributed by atoms with Crippen LogP contribution in [0, 0.1) is 0 Å². The smallest absolute Gasteiger partial charge is 0.744 e. The van der Waals surface area contributed by atoms with Crippen LogP contribution in [-0.4, -0.2) is 25.9 Å². The Hall–Kier alpha value is 3.27. The third kappa shape index (κ3) is 6.58. The van der Waals surface area contributed by atoms with E-state index in [0.29, 0.717) is 0 Å². The van der Waals surface area contributed by atoms with Gasteiger partial charge in [-0.2, -0.15) is 0 Å². The van der Waals surface area contributed by atoms with Crippen molar-refractivity contribution < 1.29 is 129 Å². The molecule has 18 heavy (non-hydrogen) atoms. The van der Waals surface area contributed by atoms with Gasteiger partial charge in [0.1, 0.15) is 20.2 Å². The van der Waals surface area contributed by atoms with Crippen LogP contribution < -0.4 is 103 Å². The molecular weight excluding hydrogens is 470 g/mol. The van der Waals surface area contributed by atoms with Crippen molar-refractivity contribution in [3.8, 4) is 0 Å². The molecule has 0 saturated heterocycles. The Morgan fingerprint density at radius 1 is 0.833 bits per heavy atom. The summed E-state index contributed by atoms with van der Waals surface area (Å²) in [4.78, 5) is -1.62. The molecule has 0 bridgehead atoms. The van der Waals surface area contributed by atoms with Crippen molar-refractivity contribution in [2.45, 2.75) is 9.79 Å². The van der Waals surface area contributed by atoms with E-state index in [0.717, 1.165) is 12.1 Å². The van der Waals surface area contributed by atoms with Gasteiger partial charge < -0.3 is 9.11 Å². The van der Waals surface area contributed by atoms with Crippen LogP contribution in [0.25, 0.3) is 0 Å². The molecule has 0 radical (unpaired) electrons. The Labute approximate surface area is 206 Å². The number of halogens is 2. The summed E-state index contributed by atoms with van der Waals surface area (Å²) in [6, 6.07) is 1.81. The van der Waals surface area contributed by atoms with Crippen molar-refractivity contribution in [1.29, 1.82) is 0 Å². The number of rotatable bonds is 2. The summed E-state index contributed by atoms with van der Waals surface area (Å²) in [5, 5.41) is 0. The fourth-order valence-corrected chi connectivity index (χ4v) is 4.35. The van der Waals surface area contributed by atoms with E-state index in [2.05, 4.69) is 31.9 Å². The van der Waals surface area contributed by atoms with E-state index in [1.165, 1.54) is 0 Å². The van der Waals surface area contributed by atoms with Crippen LogP contribution in [0.4, 0.5) is 0 Å². The summed E-state index contributed by atoms with van der Waals surface area (Å²) in [5.74, 6) is 0. The first-order valence-electron chi connectivity index (χ1n) is 3.44. The molecule has 0 amide bonds. The van der Waals surface area contributed by atoms with Crippen LogP contribution in [0.3, 0.4) is 0 Å². The van der Waals surface area contributed by atoms with Crippen LogP contribution in [0.2, 0.25) is 0 Å². The van der Waals surface area contributed by atoms with E-state index >= 15 is 0 Å². The molecule has 0 spiro atoms. The average molecular weight is 472 g/mol. The van der Waals surface area contributed by atoms with Crippen molar-refractivity contribution >= 4 is 52.1 Å². The molecule has 0 aliphatic heterocycles. The largest absolute Gasteiger partial charge is 1.00 e. The topological polar surface area (TPSA) is 114 Å². The molecule has 1 aromatic carbocycles. The molecule has 0 saturated carbocycles. The predicted octanol–water partition coefficient (Wildman–Crippen LogP) is -4.97. The van der Waals surface area contributed by atoms with Gasteiger partial charge in [0.15, 0.2) is 0 Å². The summed E-state index contributed by atoms with van der Waals surface area (Å²) in [7, 11) is -9.74. The monoisotopic (exact) mass is 470 g/mol. The van der Waals surface area contributed by atoms with Gasteiger partial charge in [-0.15, -0.1) is 0 Å². The molecule has 0 aliphatic carbocycles. The first kappa shape index (κ1) is 23.5. The molecule has 0 fully saturated rings. The quantitative estimate of drug-likeness (QED) is 0.315. The molecule has 0 heterocycles. The minimum Gasteiger partial charge on any atom is -0.744 e. The van der Waals surface area contributed by atoms with Crippen LogP contribution >= 0.6 is 31.9 Å². The second kappa shape index (κ2) is 8.79. The number of hydrogen-bond acceptors (Lipinski definition) is 6. The van der Waals surface area contributed by atoms with E-state index in [9.17, 15) is 25.9 Å². The minimum absolute atomic E-state index is 0. The van der Waals surface area contributed by atoms with Gasteiger partial charge in [-0.3, -0.25) is 0 Å². The van der Waals surface area contributed by atoms with Crippen molar-refractivity contribution in [2.75, 3.05) is 0 Å². The van der Waals surface area contributed by atoms with Gasteiger partial charge in [0.05, 0.1) is 14.3 Å². The molecule has 1 aromatic rings. The SMILES string of the molecule is O=S(=O)([O-])c1cc(Br)cc(S(=O)(=O)[O-])c1Br.[K+].[K+]. The maximum atomic E-state index is 10.8. The molecular formula is C6H2Br2K2O6S2. The zero-order chi connectivity index (χ0) is 12.7. The Morgan fingerprint density at radius 3 is 1.33 bits per heavy atom. The Balaban J connectivity index is 0. The van der Waals surface area contributed by atoms with Gasteiger partial charge in [-0.05, 0) is 28.1 Å². The molecule has 0 aliphatic rings. The van der Waals surface area contributed by atoms with Crippen molar-refractivity contribution in [1.82, 2.24) is 0 Å². The molecule has 12 heteroatoms. The molecule has 90 valence electrons. The molecule has 0 unspecified atom stereocenters. The van der Waals surface area contributed by atoms with E-state index in [4.69, 9.17) is 0 Å². The van der Waals surface area contributed by atoms with Gasteiger partial charge in [-0.25, -0.2) is 16.8 Å². The fraction of sp³-hybridized carbons (Fsp3) is 0. The van der Waals surface area contributed by atoms with E-state index < -0.39 is 34.5 Å². The van der Waals surface area contributed by atoms with Crippen LogP contribution in [0.15, 0.2) is 30.9 Å². The van der Waals surface area contributed by atoms with Gasteiger partial charge in [0.25, 0.3) is 0 Å². The summed E-state index contributed by atoms with van der Waals surface area (Å²) in [6.45, 7) is 0. The molecule has 0 aromatic heterocycles.